The molecule has 19 heavy (non-hydrogen) atoms. The second-order valence-corrected chi connectivity index (χ2v) is 5.89. The van der Waals surface area contributed by atoms with Crippen LogP contribution < -0.4 is 0 Å². The number of benzene rings is 1. The van der Waals surface area contributed by atoms with Crippen molar-refractivity contribution >= 4 is 5.91 Å². The summed E-state index contributed by atoms with van der Waals surface area (Å²) >= 11 is 0. The van der Waals surface area contributed by atoms with Crippen LogP contribution in [0.1, 0.15) is 37.7 Å². The van der Waals surface area contributed by atoms with Gasteiger partial charge in [0.1, 0.15) is 5.60 Å². The van der Waals surface area contributed by atoms with Gasteiger partial charge < -0.3 is 10.0 Å². The Hall–Kier alpha value is -1.35. The van der Waals surface area contributed by atoms with Gasteiger partial charge in [0.05, 0.1) is 6.54 Å². The molecule has 1 aromatic rings. The average molecular weight is 259 g/mol. The van der Waals surface area contributed by atoms with Crippen LogP contribution in [0, 0.1) is 5.92 Å². The van der Waals surface area contributed by atoms with Gasteiger partial charge in [0.25, 0.3) is 0 Å². The lowest BCUT2D eigenvalue weighted by molar-refractivity contribution is -0.135. The Morgan fingerprint density at radius 2 is 1.89 bits per heavy atom. The molecule has 2 aliphatic rings. The molecule has 0 bridgehead atoms. The SMILES string of the molecule is O=C(C1CCCC1)N1CC[C@@](O)(c2ccccc2)C1. The Morgan fingerprint density at radius 3 is 2.58 bits per heavy atom. The first kappa shape index (κ1) is 12.7. The number of likely N-dealkylation sites (tertiary alicyclic amines) is 1. The minimum absolute atomic E-state index is 0.207. The number of β-amino-alcohol motifs (C(OH)–C–C–N with tert-alkyl or cyclic N) is 1. The van der Waals surface area contributed by atoms with Crippen molar-refractivity contribution in [2.24, 2.45) is 5.92 Å². The molecular weight excluding hydrogens is 238 g/mol. The molecule has 1 saturated heterocycles. The van der Waals surface area contributed by atoms with Crippen LogP contribution in [-0.2, 0) is 10.4 Å². The van der Waals surface area contributed by atoms with Crippen molar-refractivity contribution in [1.82, 2.24) is 4.90 Å². The summed E-state index contributed by atoms with van der Waals surface area (Å²) in [6.45, 7) is 1.13. The average Bonchev–Trinajstić information content (AvgIpc) is 3.09. The summed E-state index contributed by atoms with van der Waals surface area (Å²) in [7, 11) is 0. The molecule has 1 atom stereocenters. The Balaban J connectivity index is 1.71. The van der Waals surface area contributed by atoms with Crippen molar-refractivity contribution in [3.05, 3.63) is 35.9 Å². The summed E-state index contributed by atoms with van der Waals surface area (Å²) in [5.41, 5.74) is 0.0759. The van der Waals surface area contributed by atoms with Gasteiger partial charge in [-0.2, -0.15) is 0 Å². The number of carbonyl (C=O) groups is 1. The van der Waals surface area contributed by atoms with Crippen LogP contribution in [0.25, 0.3) is 0 Å². The molecule has 0 aromatic heterocycles. The predicted molar refractivity (Wildman–Crippen MR) is 73.5 cm³/mol. The first-order valence-corrected chi connectivity index (χ1v) is 7.26. The van der Waals surface area contributed by atoms with Gasteiger partial charge >= 0.3 is 0 Å². The smallest absolute Gasteiger partial charge is 0.225 e. The maximum Gasteiger partial charge on any atom is 0.225 e. The van der Waals surface area contributed by atoms with E-state index in [0.29, 0.717) is 19.5 Å². The number of aliphatic hydroxyl groups is 1. The molecule has 2 fully saturated rings. The Labute approximate surface area is 114 Å². The fraction of sp³-hybridized carbons (Fsp3) is 0.562. The van der Waals surface area contributed by atoms with Crippen molar-refractivity contribution in [3.8, 4) is 0 Å². The van der Waals surface area contributed by atoms with Crippen molar-refractivity contribution in [2.75, 3.05) is 13.1 Å². The van der Waals surface area contributed by atoms with Gasteiger partial charge in [0.2, 0.25) is 5.91 Å². The summed E-state index contributed by atoms with van der Waals surface area (Å²) in [5.74, 6) is 0.461. The van der Waals surface area contributed by atoms with Gasteiger partial charge in [-0.05, 0) is 24.8 Å². The third kappa shape index (κ3) is 2.39. The van der Waals surface area contributed by atoms with Gasteiger partial charge in [0.15, 0.2) is 0 Å². The first-order valence-electron chi connectivity index (χ1n) is 7.26. The molecule has 1 aromatic carbocycles. The van der Waals surface area contributed by atoms with Crippen LogP contribution in [0.3, 0.4) is 0 Å². The maximum absolute atomic E-state index is 12.4. The summed E-state index contributed by atoms with van der Waals surface area (Å²) < 4.78 is 0. The van der Waals surface area contributed by atoms with Gasteiger partial charge in [-0.1, -0.05) is 43.2 Å². The van der Waals surface area contributed by atoms with E-state index >= 15 is 0 Å². The summed E-state index contributed by atoms with van der Waals surface area (Å²) in [5, 5.41) is 10.7. The lowest BCUT2D eigenvalue weighted by atomic mass is 9.93. The van der Waals surface area contributed by atoms with Crippen LogP contribution in [0.5, 0.6) is 0 Å². The van der Waals surface area contributed by atoms with Crippen LogP contribution >= 0.6 is 0 Å². The molecule has 1 heterocycles. The number of hydrogen-bond donors (Lipinski definition) is 1. The number of carbonyl (C=O) groups excluding carboxylic acids is 1. The van der Waals surface area contributed by atoms with Crippen LogP contribution in [0.15, 0.2) is 30.3 Å². The van der Waals surface area contributed by atoms with Crippen LogP contribution in [0.4, 0.5) is 0 Å². The first-order chi connectivity index (χ1) is 9.19. The molecule has 3 rings (SSSR count). The van der Waals surface area contributed by atoms with Crippen molar-refractivity contribution in [1.29, 1.82) is 0 Å². The summed E-state index contributed by atoms with van der Waals surface area (Å²) in [6, 6.07) is 9.72. The second-order valence-electron chi connectivity index (χ2n) is 5.89. The van der Waals surface area contributed by atoms with E-state index in [4.69, 9.17) is 0 Å². The molecule has 102 valence electrons. The van der Waals surface area contributed by atoms with Crippen molar-refractivity contribution < 1.29 is 9.90 Å². The molecule has 1 N–H and O–H groups in total. The van der Waals surface area contributed by atoms with Gasteiger partial charge in [-0.15, -0.1) is 0 Å². The maximum atomic E-state index is 12.4. The Morgan fingerprint density at radius 1 is 1.21 bits per heavy atom. The highest BCUT2D eigenvalue weighted by Gasteiger charge is 2.41. The molecule has 3 nitrogen and oxygen atoms in total. The van der Waals surface area contributed by atoms with E-state index in [0.717, 1.165) is 18.4 Å². The van der Waals surface area contributed by atoms with E-state index in [-0.39, 0.29) is 11.8 Å². The molecule has 0 spiro atoms. The predicted octanol–water partition coefficient (Wildman–Crippen LogP) is 2.30. The van der Waals surface area contributed by atoms with Crippen LogP contribution in [0.2, 0.25) is 0 Å². The van der Waals surface area contributed by atoms with E-state index in [1.54, 1.807) is 0 Å². The number of nitrogens with zero attached hydrogens (tertiary/aromatic N) is 1. The highest BCUT2D eigenvalue weighted by atomic mass is 16.3. The Bertz CT molecular complexity index is 453. The summed E-state index contributed by atoms with van der Waals surface area (Å²) in [6.07, 6.45) is 5.05. The number of amides is 1. The second kappa shape index (κ2) is 4.97. The monoisotopic (exact) mass is 259 g/mol. The zero-order valence-corrected chi connectivity index (χ0v) is 11.2. The zero-order valence-electron chi connectivity index (χ0n) is 11.2. The van der Waals surface area contributed by atoms with Crippen molar-refractivity contribution in [3.63, 3.8) is 0 Å². The Kier molecular flexibility index (Phi) is 3.31. The minimum Gasteiger partial charge on any atom is -0.383 e. The lowest BCUT2D eigenvalue weighted by Gasteiger charge is -2.25. The highest BCUT2D eigenvalue weighted by molar-refractivity contribution is 5.79. The third-order valence-corrected chi connectivity index (χ3v) is 4.57. The van der Waals surface area contributed by atoms with E-state index in [1.165, 1.54) is 12.8 Å². The van der Waals surface area contributed by atoms with Crippen molar-refractivity contribution in [2.45, 2.75) is 37.7 Å². The van der Waals surface area contributed by atoms with E-state index in [1.807, 2.05) is 35.2 Å². The minimum atomic E-state index is -0.852. The number of hydrogen-bond acceptors (Lipinski definition) is 2. The standard InChI is InChI=1S/C16H21NO2/c18-15(13-6-4-5-7-13)17-11-10-16(19,12-17)14-8-2-1-3-9-14/h1-3,8-9,13,19H,4-7,10-12H2/t16-/m0/s1. The summed E-state index contributed by atoms with van der Waals surface area (Å²) in [4.78, 5) is 14.2. The quantitative estimate of drug-likeness (QED) is 0.885. The fourth-order valence-corrected chi connectivity index (χ4v) is 3.40. The lowest BCUT2D eigenvalue weighted by Crippen LogP contribution is -2.37. The zero-order chi connectivity index (χ0) is 13.3. The van der Waals surface area contributed by atoms with Crippen LogP contribution in [-0.4, -0.2) is 29.0 Å². The van der Waals surface area contributed by atoms with E-state index < -0.39 is 5.60 Å². The molecule has 0 unspecified atom stereocenters. The molecule has 1 aliphatic heterocycles. The normalized spacial score (nSPS) is 27.9. The molecular formula is C16H21NO2. The molecule has 1 aliphatic carbocycles. The molecule has 1 amide bonds. The number of rotatable bonds is 2. The molecule has 0 radical (unpaired) electrons. The van der Waals surface area contributed by atoms with E-state index in [2.05, 4.69) is 0 Å². The topological polar surface area (TPSA) is 40.5 Å². The molecule has 3 heteroatoms. The molecule has 1 saturated carbocycles. The highest BCUT2D eigenvalue weighted by Crippen LogP contribution is 2.34. The third-order valence-electron chi connectivity index (χ3n) is 4.57. The van der Waals surface area contributed by atoms with Gasteiger partial charge in [0, 0.05) is 12.5 Å². The van der Waals surface area contributed by atoms with E-state index in [9.17, 15) is 9.90 Å². The van der Waals surface area contributed by atoms with Gasteiger partial charge in [-0.3, -0.25) is 4.79 Å². The fourth-order valence-electron chi connectivity index (χ4n) is 3.40. The van der Waals surface area contributed by atoms with Gasteiger partial charge in [-0.25, -0.2) is 0 Å². The largest absolute Gasteiger partial charge is 0.383 e.